The van der Waals surface area contributed by atoms with E-state index in [1.54, 1.807) is 0 Å². The first kappa shape index (κ1) is 66.2. The van der Waals surface area contributed by atoms with Crippen LogP contribution in [0.4, 0.5) is 0 Å². The van der Waals surface area contributed by atoms with Gasteiger partial charge in [0.25, 0.3) is 0 Å². The van der Waals surface area contributed by atoms with Crippen LogP contribution >= 0.6 is 38.6 Å². The number of nitrogens with zero attached hydrogens (tertiary/aromatic N) is 2. The zero-order valence-electron chi connectivity index (χ0n) is 61.0. The summed E-state index contributed by atoms with van der Waals surface area (Å²) in [5.74, 6) is 0. The van der Waals surface area contributed by atoms with E-state index in [4.69, 9.17) is 9.31 Å². The average Bonchev–Trinajstić information content (AvgIpc) is 1.43. The summed E-state index contributed by atoms with van der Waals surface area (Å²) in [5.41, 5.74) is 15.2. The summed E-state index contributed by atoms with van der Waals surface area (Å²) in [7, 11) is -0.353. The minimum absolute atomic E-state index is 0.343. The van der Waals surface area contributed by atoms with Gasteiger partial charge in [-0.05, 0) is 220 Å². The predicted octanol–water partition coefficient (Wildman–Crippen LogP) is 29.0. The van der Waals surface area contributed by atoms with Gasteiger partial charge in [-0.2, -0.15) is 0 Å². The fourth-order valence-corrected chi connectivity index (χ4v) is 20.6. The maximum atomic E-state index is 6.27. The van der Waals surface area contributed by atoms with Crippen molar-refractivity contribution in [1.29, 1.82) is 0 Å². The Kier molecular flexibility index (Phi) is 15.7. The molecule has 0 radical (unpaired) electrons. The van der Waals surface area contributed by atoms with E-state index in [0.29, 0.717) is 0 Å². The van der Waals surface area contributed by atoms with Crippen molar-refractivity contribution >= 4 is 200 Å². The molecule has 4 aromatic heterocycles. The van der Waals surface area contributed by atoms with Gasteiger partial charge in [-0.25, -0.2) is 0 Å². The second-order valence-corrected chi connectivity index (χ2v) is 32.9. The molecule has 5 heterocycles. The van der Waals surface area contributed by atoms with E-state index in [-0.39, 0.29) is 18.3 Å². The Labute approximate surface area is 653 Å². The van der Waals surface area contributed by atoms with Crippen molar-refractivity contribution < 1.29 is 9.31 Å². The van der Waals surface area contributed by atoms with Crippen LogP contribution in [0.25, 0.3) is 193 Å². The Morgan fingerprint density at radius 2 is 0.536 bits per heavy atom. The van der Waals surface area contributed by atoms with Crippen molar-refractivity contribution in [3.63, 3.8) is 0 Å². The predicted molar refractivity (Wildman–Crippen MR) is 479 cm³/mol. The molecule has 0 spiro atoms. The Morgan fingerprint density at radius 3 is 0.955 bits per heavy atom. The maximum absolute atomic E-state index is 6.27. The summed E-state index contributed by atoms with van der Waals surface area (Å²) in [5, 5.41) is 26.0. The van der Waals surface area contributed by atoms with Crippen LogP contribution in [-0.4, -0.2) is 27.5 Å². The van der Waals surface area contributed by atoms with Crippen molar-refractivity contribution in [2.24, 2.45) is 0 Å². The third-order valence-electron chi connectivity index (χ3n) is 23.3. The Morgan fingerprint density at radius 1 is 0.245 bits per heavy atom. The normalized spacial score (nSPS) is 13.6. The molecule has 0 unspecified atom stereocenters. The van der Waals surface area contributed by atoms with Crippen molar-refractivity contribution in [1.82, 2.24) is 9.13 Å². The average molecular weight is 1510 g/mol. The second kappa shape index (κ2) is 26.1. The summed E-state index contributed by atoms with van der Waals surface area (Å²) in [6.45, 7) is 8.36. The summed E-state index contributed by atoms with van der Waals surface area (Å²) in [4.78, 5) is 0. The van der Waals surface area contributed by atoms with E-state index >= 15 is 0 Å². The molecule has 1 aliphatic heterocycles. The van der Waals surface area contributed by atoms with Crippen molar-refractivity contribution in [3.8, 4) is 44.8 Å². The fourth-order valence-electron chi connectivity index (χ4n) is 17.4. The number of hydrogen-bond donors (Lipinski definition) is 0. The molecule has 0 aliphatic carbocycles. The van der Waals surface area contributed by atoms with Gasteiger partial charge in [-0.1, -0.05) is 279 Å². The van der Waals surface area contributed by atoms with Crippen LogP contribution < -0.4 is 5.46 Å². The molecule has 0 N–H and O–H groups in total. The maximum Gasteiger partial charge on any atom is 0.494 e. The highest BCUT2D eigenvalue weighted by molar-refractivity contribution is 9.10. The van der Waals surface area contributed by atoms with E-state index in [1.165, 1.54) is 188 Å². The molecule has 22 aromatic rings. The zero-order valence-corrected chi connectivity index (χ0v) is 64.2. The van der Waals surface area contributed by atoms with E-state index in [9.17, 15) is 0 Å². The Bertz CT molecular complexity index is 7430. The highest BCUT2D eigenvalue weighted by atomic mass is 79.9. The van der Waals surface area contributed by atoms with Gasteiger partial charge >= 0.3 is 7.12 Å². The molecular weight excluding hydrogens is 1440 g/mol. The largest absolute Gasteiger partial charge is 0.494 e. The number of para-hydroxylation sites is 4. The molecule has 0 amide bonds. The third-order valence-corrected chi connectivity index (χ3v) is 26.8. The van der Waals surface area contributed by atoms with Crippen LogP contribution in [0, 0.1) is 0 Å². The lowest BCUT2D eigenvalue weighted by Gasteiger charge is -2.32. The molecule has 0 saturated carbocycles. The molecule has 4 nitrogen and oxygen atoms in total. The molecule has 1 aliphatic rings. The number of thiophene rings is 2. The van der Waals surface area contributed by atoms with Gasteiger partial charge in [0.15, 0.2) is 0 Å². The molecule has 1 saturated heterocycles. The molecule has 110 heavy (non-hydrogen) atoms. The first-order valence-electron chi connectivity index (χ1n) is 37.7. The number of fused-ring (bicyclic) bond motifs is 24. The molecule has 1 fully saturated rings. The molecule has 23 rings (SSSR count). The third kappa shape index (κ3) is 10.7. The van der Waals surface area contributed by atoms with Crippen LogP contribution in [0.15, 0.2) is 356 Å². The van der Waals surface area contributed by atoms with Crippen LogP contribution in [0.2, 0.25) is 0 Å². The topological polar surface area (TPSA) is 28.3 Å². The molecule has 8 heteroatoms. The van der Waals surface area contributed by atoms with Gasteiger partial charge in [0.05, 0.1) is 33.3 Å². The number of halogens is 1. The molecule has 0 bridgehead atoms. The van der Waals surface area contributed by atoms with Crippen LogP contribution in [0.3, 0.4) is 0 Å². The van der Waals surface area contributed by atoms with Crippen molar-refractivity contribution in [2.45, 2.75) is 38.9 Å². The summed E-state index contributed by atoms with van der Waals surface area (Å²) in [6, 6.07) is 128. The first-order valence-corrected chi connectivity index (χ1v) is 40.2. The van der Waals surface area contributed by atoms with Gasteiger partial charge < -0.3 is 18.4 Å². The molecule has 18 aromatic carbocycles. The van der Waals surface area contributed by atoms with Gasteiger partial charge in [-0.3, -0.25) is 0 Å². The SMILES string of the molecule is Brc1cccc2c1sc1c(-c3ccc4c5ccccc5c5ccccc5c4c3)cccc12.CC1(C)OB(c2ccc3c(c2)c2ccccc2n3-c2ccccc2)OC1(C)C.c1ccc(-n2c3ccccc3c3cc(-c4cccc5c4sc4c(-c6ccc7c8ccccc8c8ccccc8c7c6)cccc45)ccc32)cc1. The minimum atomic E-state index is -0.353. The number of rotatable bonds is 6. The van der Waals surface area contributed by atoms with E-state index in [1.807, 2.05) is 28.7 Å². The summed E-state index contributed by atoms with van der Waals surface area (Å²) in [6.07, 6.45) is 0. The van der Waals surface area contributed by atoms with Crippen LogP contribution in [-0.2, 0) is 9.31 Å². The summed E-state index contributed by atoms with van der Waals surface area (Å²) < 4.78 is 23.7. The lowest BCUT2D eigenvalue weighted by Crippen LogP contribution is -2.41. The van der Waals surface area contributed by atoms with Crippen molar-refractivity contribution in [2.75, 3.05) is 0 Å². The van der Waals surface area contributed by atoms with Gasteiger partial charge in [0, 0.05) is 77.7 Å². The van der Waals surface area contributed by atoms with Crippen LogP contribution in [0.1, 0.15) is 27.7 Å². The lowest BCUT2D eigenvalue weighted by molar-refractivity contribution is 0.00578. The van der Waals surface area contributed by atoms with E-state index in [0.717, 1.165) is 15.6 Å². The lowest BCUT2D eigenvalue weighted by atomic mass is 9.78. The van der Waals surface area contributed by atoms with E-state index in [2.05, 4.69) is 399 Å². The minimum Gasteiger partial charge on any atom is -0.399 e. The fraction of sp³-hybridized carbons (Fsp3) is 0.0588. The standard InChI is InChI=1S/C48H29NS.C30H17BrS.C24H24BNO2/c1-2-12-32(13-3-1)49-45-23-9-8-18-40(45)44-29-31(25-27-46(44)49)34-20-11-22-42-41-21-10-19-33(47(41)50-48(34)42)30-24-26-39-37-16-5-4-14-35(37)36-15-6-7-17-38(36)43(39)28-30;31-28-14-6-13-26-25-12-5-11-19(29(25)32-30(26)28)18-15-16-24-22-9-2-1-7-20(22)21-8-3-4-10-23(21)27(24)17-18;1-23(2)24(3,4)28-25(27-23)17-14-15-22-20(16-17)19-12-8-9-13-21(19)26(22)18-10-6-5-7-11-18/h1-29H;1-17H;5-16H,1-4H3. The quantitative estimate of drug-likeness (QED) is 0.123. The van der Waals surface area contributed by atoms with Gasteiger partial charge in [0.2, 0.25) is 0 Å². The second-order valence-electron chi connectivity index (χ2n) is 30.0. The smallest absolute Gasteiger partial charge is 0.399 e. The molecule has 0 atom stereocenters. The Balaban J connectivity index is 0.000000111. The van der Waals surface area contributed by atoms with Crippen molar-refractivity contribution in [3.05, 3.63) is 356 Å². The monoisotopic (exact) mass is 1510 g/mol. The zero-order chi connectivity index (χ0) is 73.5. The van der Waals surface area contributed by atoms with Crippen LogP contribution in [0.5, 0.6) is 0 Å². The molecule has 522 valence electrons. The van der Waals surface area contributed by atoms with Gasteiger partial charge in [-0.15, -0.1) is 22.7 Å². The van der Waals surface area contributed by atoms with Gasteiger partial charge in [0.1, 0.15) is 0 Å². The highest BCUT2D eigenvalue weighted by Gasteiger charge is 2.52. The Hall–Kier alpha value is -12.0. The number of aromatic nitrogens is 2. The number of benzene rings is 18. The molecular formula is C102H70BBrN2O2S2. The summed E-state index contributed by atoms with van der Waals surface area (Å²) >= 11 is 7.55. The van der Waals surface area contributed by atoms with E-state index < -0.39 is 0 Å². The first-order chi connectivity index (χ1) is 54.0. The number of hydrogen-bond acceptors (Lipinski definition) is 4. The highest BCUT2D eigenvalue weighted by Crippen LogP contribution is 2.49.